The van der Waals surface area contributed by atoms with E-state index in [1.54, 1.807) is 24.3 Å². The van der Waals surface area contributed by atoms with E-state index in [-0.39, 0.29) is 17.9 Å². The van der Waals surface area contributed by atoms with Crippen LogP contribution in [0, 0.1) is 0 Å². The molecule has 0 radical (unpaired) electrons. The third kappa shape index (κ3) is 3.84. The first-order valence-corrected chi connectivity index (χ1v) is 9.15. The fourth-order valence-electron chi connectivity index (χ4n) is 2.78. The average molecular weight is 341 g/mol. The molecule has 6 nitrogen and oxygen atoms in total. The monoisotopic (exact) mass is 341 g/mol. The Morgan fingerprint density at radius 1 is 1.30 bits per heavy atom. The summed E-state index contributed by atoms with van der Waals surface area (Å²) in [6.07, 6.45) is -0.457. The molecule has 1 saturated heterocycles. The first kappa shape index (κ1) is 17.7. The van der Waals surface area contributed by atoms with Crippen molar-refractivity contribution >= 4 is 15.8 Å². The van der Waals surface area contributed by atoms with E-state index < -0.39 is 27.0 Å². The van der Waals surface area contributed by atoms with Gasteiger partial charge in [-0.25, -0.2) is 8.42 Å². The summed E-state index contributed by atoms with van der Waals surface area (Å²) in [6.45, 7) is 6.20. The molecule has 128 valence electrons. The molecule has 7 heteroatoms. The molecule has 0 amide bonds. The summed E-state index contributed by atoms with van der Waals surface area (Å²) in [5.41, 5.74) is 0.118. The molecule has 1 aromatic carbocycles. The minimum atomic E-state index is -3.57. The van der Waals surface area contributed by atoms with Gasteiger partial charge in [0.25, 0.3) is 0 Å². The highest BCUT2D eigenvalue weighted by Crippen LogP contribution is 2.37. The van der Waals surface area contributed by atoms with Crippen LogP contribution in [0.25, 0.3) is 0 Å². The van der Waals surface area contributed by atoms with Crippen LogP contribution >= 0.6 is 0 Å². The van der Waals surface area contributed by atoms with Gasteiger partial charge in [0.1, 0.15) is 16.1 Å². The summed E-state index contributed by atoms with van der Waals surface area (Å²) in [7, 11) is -3.57. The molecule has 2 N–H and O–H groups in total. The Hall–Kier alpha value is -1.60. The van der Waals surface area contributed by atoms with E-state index in [0.717, 1.165) is 0 Å². The lowest BCUT2D eigenvalue weighted by molar-refractivity contribution is -0.137. The molecule has 2 rings (SSSR count). The molecule has 0 aromatic heterocycles. The first-order valence-electron chi connectivity index (χ1n) is 7.50. The van der Waals surface area contributed by atoms with Crippen molar-refractivity contribution < 1.29 is 23.1 Å². The van der Waals surface area contributed by atoms with Crippen molar-refractivity contribution in [1.82, 2.24) is 5.32 Å². The van der Waals surface area contributed by atoms with Gasteiger partial charge in [-0.15, -0.1) is 0 Å². The Bertz CT molecular complexity index is 675. The number of hydrogen-bond donors (Lipinski definition) is 2. The summed E-state index contributed by atoms with van der Waals surface area (Å²) in [5.74, 6) is -0.583. The highest BCUT2D eigenvalue weighted by atomic mass is 32.2. The molecule has 1 aromatic rings. The molecule has 1 unspecified atom stereocenters. The molecule has 0 spiro atoms. The first-order chi connectivity index (χ1) is 10.6. The molecular formula is C16H23NO5S. The number of benzene rings is 1. The Kier molecular flexibility index (Phi) is 4.73. The normalized spacial score (nSPS) is 24.1. The lowest BCUT2D eigenvalue weighted by atomic mass is 9.94. The topological polar surface area (TPSA) is 92.7 Å². The van der Waals surface area contributed by atoms with Crippen LogP contribution in [0.15, 0.2) is 24.3 Å². The van der Waals surface area contributed by atoms with Crippen LogP contribution in [0.1, 0.15) is 32.8 Å². The van der Waals surface area contributed by atoms with Gasteiger partial charge in [-0.3, -0.25) is 4.79 Å². The van der Waals surface area contributed by atoms with Crippen LogP contribution in [-0.4, -0.2) is 43.9 Å². The molecule has 0 bridgehead atoms. The van der Waals surface area contributed by atoms with E-state index >= 15 is 0 Å². The Morgan fingerprint density at radius 3 is 2.39 bits per heavy atom. The Balaban J connectivity index is 2.43. The van der Waals surface area contributed by atoms with E-state index in [4.69, 9.17) is 4.74 Å². The van der Waals surface area contributed by atoms with Crippen molar-refractivity contribution in [2.45, 2.75) is 37.5 Å². The van der Waals surface area contributed by atoms with Crippen molar-refractivity contribution in [1.29, 1.82) is 0 Å². The molecule has 1 aliphatic rings. The van der Waals surface area contributed by atoms with Gasteiger partial charge in [0.2, 0.25) is 0 Å². The van der Waals surface area contributed by atoms with Gasteiger partial charge < -0.3 is 15.2 Å². The predicted octanol–water partition coefficient (Wildman–Crippen LogP) is 1.55. The molecule has 1 atom stereocenters. The van der Waals surface area contributed by atoms with Crippen LogP contribution in [0.5, 0.6) is 5.75 Å². The van der Waals surface area contributed by atoms with Gasteiger partial charge in [-0.2, -0.15) is 0 Å². The molecule has 1 fully saturated rings. The maximum absolute atomic E-state index is 12.6. The van der Waals surface area contributed by atoms with E-state index in [1.165, 1.54) is 0 Å². The fraction of sp³-hybridized carbons (Fsp3) is 0.562. The number of nitrogens with one attached hydrogen (secondary N) is 1. The number of aliphatic carboxylic acids is 1. The highest BCUT2D eigenvalue weighted by Gasteiger charge is 2.48. The zero-order valence-corrected chi connectivity index (χ0v) is 14.4. The van der Waals surface area contributed by atoms with Gasteiger partial charge in [-0.1, -0.05) is 12.1 Å². The molecule has 1 heterocycles. The maximum Gasteiger partial charge on any atom is 0.305 e. The van der Waals surface area contributed by atoms with Crippen LogP contribution in [0.2, 0.25) is 0 Å². The van der Waals surface area contributed by atoms with Gasteiger partial charge in [0.15, 0.2) is 9.84 Å². The van der Waals surface area contributed by atoms with E-state index in [2.05, 4.69) is 5.32 Å². The van der Waals surface area contributed by atoms with Crippen LogP contribution in [0.3, 0.4) is 0 Å². The quantitative estimate of drug-likeness (QED) is 0.863. The summed E-state index contributed by atoms with van der Waals surface area (Å²) < 4.78 is 29.5. The van der Waals surface area contributed by atoms with Gasteiger partial charge in [-0.05, 0) is 38.5 Å². The van der Waals surface area contributed by atoms with Gasteiger partial charge in [0.05, 0.1) is 12.2 Å². The second-order valence-corrected chi connectivity index (χ2v) is 9.22. The number of hydrogen-bond acceptors (Lipinski definition) is 5. The SMILES string of the molecule is CC(C)(C)Oc1ccc(C2(CC(=O)O)CNCCS2(=O)=O)cc1. The molecule has 23 heavy (non-hydrogen) atoms. The van der Waals surface area contributed by atoms with Crippen molar-refractivity contribution in [2.24, 2.45) is 0 Å². The largest absolute Gasteiger partial charge is 0.488 e. The highest BCUT2D eigenvalue weighted by molar-refractivity contribution is 7.92. The minimum absolute atomic E-state index is 0.0689. The lowest BCUT2D eigenvalue weighted by Crippen LogP contribution is -2.53. The molecular weight excluding hydrogens is 318 g/mol. The van der Waals surface area contributed by atoms with E-state index in [9.17, 15) is 18.3 Å². The summed E-state index contributed by atoms with van der Waals surface area (Å²) in [6, 6.07) is 6.67. The standard InChI is InChI=1S/C16H23NO5S/c1-15(2,3)22-13-6-4-12(5-7-13)16(10-14(18)19)11-17-8-9-23(16,20)21/h4-7,17H,8-11H2,1-3H3,(H,18,19). The molecule has 0 saturated carbocycles. The van der Waals surface area contributed by atoms with E-state index in [0.29, 0.717) is 17.9 Å². The molecule has 1 aliphatic heterocycles. The number of carboxylic acid groups (broad SMARTS) is 1. The number of carbonyl (C=O) groups is 1. The minimum Gasteiger partial charge on any atom is -0.488 e. The number of rotatable bonds is 4. The second-order valence-electron chi connectivity index (χ2n) is 6.80. The zero-order valence-electron chi connectivity index (χ0n) is 13.6. The maximum atomic E-state index is 12.6. The number of carboxylic acids is 1. The van der Waals surface area contributed by atoms with Crippen molar-refractivity contribution in [3.8, 4) is 5.75 Å². The molecule has 0 aliphatic carbocycles. The smallest absolute Gasteiger partial charge is 0.305 e. The summed E-state index contributed by atoms with van der Waals surface area (Å²) in [4.78, 5) is 11.3. The third-order valence-electron chi connectivity index (χ3n) is 3.79. The zero-order chi connectivity index (χ0) is 17.3. The lowest BCUT2D eigenvalue weighted by Gasteiger charge is -2.36. The number of sulfone groups is 1. The number of ether oxygens (including phenoxy) is 1. The predicted molar refractivity (Wildman–Crippen MR) is 87.4 cm³/mol. The van der Waals surface area contributed by atoms with Crippen LogP contribution in [0.4, 0.5) is 0 Å². The third-order valence-corrected chi connectivity index (χ3v) is 6.25. The van der Waals surface area contributed by atoms with Crippen molar-refractivity contribution in [3.05, 3.63) is 29.8 Å². The van der Waals surface area contributed by atoms with Gasteiger partial charge >= 0.3 is 5.97 Å². The van der Waals surface area contributed by atoms with Crippen molar-refractivity contribution in [2.75, 3.05) is 18.8 Å². The van der Waals surface area contributed by atoms with Crippen LogP contribution < -0.4 is 10.1 Å². The summed E-state index contributed by atoms with van der Waals surface area (Å²) >= 11 is 0. The summed E-state index contributed by atoms with van der Waals surface area (Å²) in [5, 5.41) is 12.2. The van der Waals surface area contributed by atoms with Gasteiger partial charge in [0, 0.05) is 13.1 Å². The Morgan fingerprint density at radius 2 is 1.91 bits per heavy atom. The van der Waals surface area contributed by atoms with Crippen LogP contribution in [-0.2, 0) is 19.4 Å². The average Bonchev–Trinajstić information content (AvgIpc) is 2.40. The second kappa shape index (κ2) is 6.13. The fourth-order valence-corrected chi connectivity index (χ4v) is 4.75. The van der Waals surface area contributed by atoms with Crippen molar-refractivity contribution in [3.63, 3.8) is 0 Å². The Labute approximate surface area is 136 Å². The van der Waals surface area contributed by atoms with E-state index in [1.807, 2.05) is 20.8 Å².